The van der Waals surface area contributed by atoms with Crippen LogP contribution in [0.2, 0.25) is 0 Å². The summed E-state index contributed by atoms with van der Waals surface area (Å²) in [5, 5.41) is 20.4. The number of azo groups is 1. The number of carbonyl (C=O) groups is 3. The summed E-state index contributed by atoms with van der Waals surface area (Å²) in [6, 6.07) is 10.7. The van der Waals surface area contributed by atoms with Gasteiger partial charge in [0.05, 0.1) is 29.5 Å². The number of hydrogen-bond acceptors (Lipinski definition) is 7. The van der Waals surface area contributed by atoms with Crippen molar-refractivity contribution in [3.63, 3.8) is 0 Å². The second-order valence-electron chi connectivity index (χ2n) is 6.95. The number of benzene rings is 2. The molecule has 2 aromatic rings. The summed E-state index contributed by atoms with van der Waals surface area (Å²) >= 11 is 0. The zero-order chi connectivity index (χ0) is 21.4. The van der Waals surface area contributed by atoms with Crippen molar-refractivity contribution >= 4 is 29.0 Å². The van der Waals surface area contributed by atoms with Gasteiger partial charge in [-0.1, -0.05) is 43.0 Å². The Morgan fingerprint density at radius 1 is 0.968 bits per heavy atom. The monoisotopic (exact) mass is 462 g/mol. The molecule has 9 heteroatoms. The van der Waals surface area contributed by atoms with E-state index in [0.29, 0.717) is 6.42 Å². The first-order valence-corrected chi connectivity index (χ1v) is 9.46. The first kappa shape index (κ1) is 22.5. The minimum atomic E-state index is -0.512. The van der Waals surface area contributed by atoms with Crippen molar-refractivity contribution in [3.05, 3.63) is 70.4 Å². The number of Topliss-reactive ketones (excluding diaryl/α,β-unsaturated/α-hetero) is 1. The number of amides is 2. The molecule has 4 rings (SSSR count). The molecule has 1 unspecified atom stereocenters. The zero-order valence-corrected chi connectivity index (χ0v) is 17.7. The van der Waals surface area contributed by atoms with Gasteiger partial charge in [-0.15, -0.1) is 10.2 Å². The van der Waals surface area contributed by atoms with Gasteiger partial charge >= 0.3 is 16.5 Å². The van der Waals surface area contributed by atoms with Gasteiger partial charge in [-0.3, -0.25) is 19.3 Å². The Kier molecular flexibility index (Phi) is 6.48. The molecular formula is C22H18N3NiO5+. The predicted molar refractivity (Wildman–Crippen MR) is 105 cm³/mol. The van der Waals surface area contributed by atoms with Crippen LogP contribution in [0, 0.1) is 0 Å². The van der Waals surface area contributed by atoms with Gasteiger partial charge in [0.15, 0.2) is 0 Å². The number of ketones is 1. The van der Waals surface area contributed by atoms with E-state index >= 15 is 0 Å². The standard InChI is InChI=1S/C22H19N3O5.Ni/c1-3-12(11-30-2)25-21(28)15-9-6-10-16(17(15)22(25)29)23-24-18-19(26)13-7-4-5-8-14(13)20(18)27;/h4-10,12,26H,3,11H2,1-2H3;/q;+2/p-1. The second kappa shape index (κ2) is 8.92. The molecule has 0 aromatic heterocycles. The molecule has 2 aromatic carbocycles. The van der Waals surface area contributed by atoms with E-state index < -0.39 is 29.4 Å². The third kappa shape index (κ3) is 3.60. The molecule has 0 saturated heterocycles. The number of nitrogens with zero attached hydrogens (tertiary/aromatic N) is 3. The fourth-order valence-corrected chi connectivity index (χ4v) is 3.70. The van der Waals surface area contributed by atoms with E-state index in [1.165, 1.54) is 18.1 Å². The molecule has 1 atom stereocenters. The van der Waals surface area contributed by atoms with Crippen molar-refractivity contribution in [2.75, 3.05) is 13.7 Å². The van der Waals surface area contributed by atoms with Crippen LogP contribution in [0.15, 0.2) is 58.4 Å². The van der Waals surface area contributed by atoms with Gasteiger partial charge in [0, 0.05) is 12.7 Å². The second-order valence-corrected chi connectivity index (χ2v) is 6.95. The molecule has 0 bridgehead atoms. The molecule has 1 aliphatic heterocycles. The van der Waals surface area contributed by atoms with Crippen molar-refractivity contribution in [1.82, 2.24) is 4.90 Å². The molecule has 0 spiro atoms. The van der Waals surface area contributed by atoms with Crippen LogP contribution in [0.1, 0.15) is 50.0 Å². The first-order chi connectivity index (χ1) is 14.5. The van der Waals surface area contributed by atoms with E-state index in [4.69, 9.17) is 4.74 Å². The summed E-state index contributed by atoms with van der Waals surface area (Å²) in [7, 11) is 1.51. The van der Waals surface area contributed by atoms with Gasteiger partial charge in [0.2, 0.25) is 5.78 Å². The predicted octanol–water partition coefficient (Wildman–Crippen LogP) is 2.71. The Hall–Kier alpha value is -3.16. The minimum Gasteiger partial charge on any atom is -0.870 e. The van der Waals surface area contributed by atoms with Gasteiger partial charge in [-0.2, -0.15) is 0 Å². The summed E-state index contributed by atoms with van der Waals surface area (Å²) in [5.74, 6) is -1.95. The van der Waals surface area contributed by atoms with Crippen molar-refractivity contribution < 1.29 is 40.7 Å². The van der Waals surface area contributed by atoms with Crippen LogP contribution in [0.4, 0.5) is 5.69 Å². The SMILES string of the molecule is CCC(COC)N1C(=O)c2cccc(N=NC3=C([O-])c4ccccc4C3=O)c2C1=O.[Ni+2]. The smallest absolute Gasteiger partial charge is 0.870 e. The molecule has 2 aliphatic rings. The number of carbonyl (C=O) groups excluding carboxylic acids is 3. The van der Waals surface area contributed by atoms with Crippen molar-refractivity contribution in [1.29, 1.82) is 0 Å². The number of hydrogen-bond donors (Lipinski definition) is 0. The van der Waals surface area contributed by atoms with Crippen LogP contribution in [0.5, 0.6) is 0 Å². The molecule has 1 heterocycles. The normalized spacial score (nSPS) is 16.1. The van der Waals surface area contributed by atoms with Crippen LogP contribution in [-0.2, 0) is 21.2 Å². The van der Waals surface area contributed by atoms with Crippen molar-refractivity contribution in [3.8, 4) is 0 Å². The van der Waals surface area contributed by atoms with Crippen molar-refractivity contribution in [2.45, 2.75) is 19.4 Å². The average molecular weight is 463 g/mol. The van der Waals surface area contributed by atoms with Gasteiger partial charge in [-0.05, 0) is 24.1 Å². The third-order valence-electron chi connectivity index (χ3n) is 5.22. The van der Waals surface area contributed by atoms with Crippen LogP contribution in [0.3, 0.4) is 0 Å². The Bertz CT molecular complexity index is 1140. The van der Waals surface area contributed by atoms with Gasteiger partial charge in [-0.25, -0.2) is 0 Å². The molecule has 8 nitrogen and oxygen atoms in total. The van der Waals surface area contributed by atoms with Gasteiger partial charge in [0.1, 0.15) is 5.70 Å². The maximum absolute atomic E-state index is 13.0. The van der Waals surface area contributed by atoms with Crippen LogP contribution < -0.4 is 5.11 Å². The topological polar surface area (TPSA) is 111 Å². The van der Waals surface area contributed by atoms with Crippen LogP contribution in [-0.4, -0.2) is 42.3 Å². The Balaban J connectivity index is 0.00000272. The quantitative estimate of drug-likeness (QED) is 0.372. The molecule has 31 heavy (non-hydrogen) atoms. The van der Waals surface area contributed by atoms with Crippen LogP contribution in [0.25, 0.3) is 5.76 Å². The van der Waals surface area contributed by atoms with Gasteiger partial charge < -0.3 is 9.84 Å². The van der Waals surface area contributed by atoms with E-state index in [2.05, 4.69) is 10.2 Å². The van der Waals surface area contributed by atoms with Crippen LogP contribution >= 0.6 is 0 Å². The zero-order valence-electron chi connectivity index (χ0n) is 16.7. The van der Waals surface area contributed by atoms with E-state index in [0.717, 1.165) is 0 Å². The summed E-state index contributed by atoms with van der Waals surface area (Å²) in [6.07, 6.45) is 0.537. The van der Waals surface area contributed by atoms with E-state index in [9.17, 15) is 19.5 Å². The number of imide groups is 1. The first-order valence-electron chi connectivity index (χ1n) is 9.46. The van der Waals surface area contributed by atoms with E-state index in [1.807, 2.05) is 6.92 Å². The number of fused-ring (bicyclic) bond motifs is 2. The number of rotatable bonds is 6. The maximum atomic E-state index is 13.0. The Morgan fingerprint density at radius 3 is 2.29 bits per heavy atom. The third-order valence-corrected chi connectivity index (χ3v) is 5.22. The largest absolute Gasteiger partial charge is 2.00 e. The molecule has 0 N–H and O–H groups in total. The van der Waals surface area contributed by atoms with E-state index in [1.54, 1.807) is 36.4 Å². The average Bonchev–Trinajstić information content (AvgIpc) is 3.16. The summed E-state index contributed by atoms with van der Waals surface area (Å²) in [4.78, 5) is 39.5. The molecule has 0 fully saturated rings. The summed E-state index contributed by atoms with van der Waals surface area (Å²) < 4.78 is 5.14. The molecule has 0 saturated carbocycles. The summed E-state index contributed by atoms with van der Waals surface area (Å²) in [6.45, 7) is 2.08. The number of allylic oxidation sites excluding steroid dienone is 1. The van der Waals surface area contributed by atoms with E-state index in [-0.39, 0.29) is 56.7 Å². The fraction of sp³-hybridized carbons (Fsp3) is 0.227. The molecule has 2 amide bonds. The molecule has 0 radical (unpaired) electrons. The maximum Gasteiger partial charge on any atom is 2.00 e. The minimum absolute atomic E-state index is 0. The molecule has 160 valence electrons. The number of methoxy groups -OCH3 is 1. The van der Waals surface area contributed by atoms with Crippen molar-refractivity contribution in [2.24, 2.45) is 10.2 Å². The number of ether oxygens (including phenoxy) is 1. The van der Waals surface area contributed by atoms with Gasteiger partial charge in [0.25, 0.3) is 11.8 Å². The Labute approximate surface area is 188 Å². The summed E-state index contributed by atoms with van der Waals surface area (Å²) in [5.41, 5.74) is 0.688. The molecular weight excluding hydrogens is 445 g/mol. The molecule has 1 aliphatic carbocycles. The fourth-order valence-electron chi connectivity index (χ4n) is 3.70. The Morgan fingerprint density at radius 2 is 1.65 bits per heavy atom.